The van der Waals surface area contributed by atoms with Crippen LogP contribution in [0.15, 0.2) is 77.0 Å². The summed E-state index contributed by atoms with van der Waals surface area (Å²) in [4.78, 5) is 13.2. The number of methoxy groups -OCH3 is 1. The third-order valence-corrected chi connectivity index (χ3v) is 6.24. The number of nitrogens with zero attached hydrogens (tertiary/aromatic N) is 5. The quantitative estimate of drug-likeness (QED) is 0.187. The molecule has 0 spiro atoms. The van der Waals surface area contributed by atoms with Crippen LogP contribution in [0.2, 0.25) is 0 Å². The monoisotopic (exact) mass is 519 g/mol. The van der Waals surface area contributed by atoms with Crippen LogP contribution in [0.1, 0.15) is 22.3 Å². The zero-order chi connectivity index (χ0) is 27.5. The molecule has 0 bridgehead atoms. The molecular weight excluding hydrogens is 490 g/mol. The molecule has 0 amide bonds. The summed E-state index contributed by atoms with van der Waals surface area (Å²) in [5, 5.41) is 28.1. The van der Waals surface area contributed by atoms with Crippen LogP contribution in [0, 0.1) is 27.7 Å². The van der Waals surface area contributed by atoms with Gasteiger partial charge in [-0.1, -0.05) is 42.0 Å². The van der Waals surface area contributed by atoms with Crippen LogP contribution in [0.3, 0.4) is 0 Å². The third kappa shape index (κ3) is 5.62. The van der Waals surface area contributed by atoms with Crippen LogP contribution in [-0.4, -0.2) is 27.2 Å². The van der Waals surface area contributed by atoms with Gasteiger partial charge in [-0.15, -0.1) is 5.11 Å². The molecule has 0 aliphatic rings. The number of ether oxygens (including phenoxy) is 1. The second-order valence-corrected chi connectivity index (χ2v) is 9.37. The highest BCUT2D eigenvalue weighted by atomic mass is 16.5. The summed E-state index contributed by atoms with van der Waals surface area (Å²) < 4.78 is 5.32. The van der Waals surface area contributed by atoms with E-state index in [0.29, 0.717) is 22.7 Å². The van der Waals surface area contributed by atoms with Crippen molar-refractivity contribution in [3.63, 3.8) is 0 Å². The van der Waals surface area contributed by atoms with Gasteiger partial charge in [0.25, 0.3) is 0 Å². The molecule has 1 heterocycles. The Hall–Kier alpha value is -5.05. The second-order valence-electron chi connectivity index (χ2n) is 9.37. The summed E-state index contributed by atoms with van der Waals surface area (Å²) in [6.45, 7) is 7.88. The lowest BCUT2D eigenvalue weighted by Crippen LogP contribution is -2.06. The summed E-state index contributed by atoms with van der Waals surface area (Å²) in [6.07, 6.45) is 0. The molecule has 0 atom stereocenters. The minimum Gasteiger partial charge on any atom is -0.505 e. The average molecular weight is 520 g/mol. The van der Waals surface area contributed by atoms with Crippen molar-refractivity contribution in [2.24, 2.45) is 10.2 Å². The van der Waals surface area contributed by atoms with E-state index in [1.165, 1.54) is 7.11 Å². The van der Waals surface area contributed by atoms with Crippen molar-refractivity contribution < 1.29 is 9.84 Å². The Morgan fingerprint density at radius 2 is 1.46 bits per heavy atom. The molecule has 0 aliphatic carbocycles. The van der Waals surface area contributed by atoms with Gasteiger partial charge in [0.2, 0.25) is 11.9 Å². The Balaban J connectivity index is 1.56. The van der Waals surface area contributed by atoms with Crippen LogP contribution in [0.4, 0.5) is 34.6 Å². The molecule has 0 aliphatic heterocycles. The van der Waals surface area contributed by atoms with E-state index in [2.05, 4.69) is 35.8 Å². The molecule has 1 aromatic heterocycles. The lowest BCUT2D eigenvalue weighted by Gasteiger charge is -2.15. The SMILES string of the molecule is COc1nc(Nc2ccc(C)cc2)nc(Nc2cc(C)cc3cc(C)c(N=Nc4ccccc4C)c(O)c23)n1. The molecule has 0 saturated heterocycles. The Kier molecular flexibility index (Phi) is 7.05. The van der Waals surface area contributed by atoms with Crippen LogP contribution >= 0.6 is 0 Å². The topological polar surface area (TPSA) is 117 Å². The zero-order valence-electron chi connectivity index (χ0n) is 22.4. The molecule has 4 aromatic carbocycles. The van der Waals surface area contributed by atoms with E-state index < -0.39 is 0 Å². The maximum atomic E-state index is 11.4. The van der Waals surface area contributed by atoms with Crippen molar-refractivity contribution in [1.29, 1.82) is 0 Å². The summed E-state index contributed by atoms with van der Waals surface area (Å²) in [7, 11) is 1.50. The first-order valence-corrected chi connectivity index (χ1v) is 12.5. The van der Waals surface area contributed by atoms with Crippen molar-refractivity contribution >= 4 is 45.4 Å². The number of hydrogen-bond donors (Lipinski definition) is 3. The van der Waals surface area contributed by atoms with Gasteiger partial charge in [0, 0.05) is 11.1 Å². The van der Waals surface area contributed by atoms with Crippen molar-refractivity contribution in [1.82, 2.24) is 15.0 Å². The Morgan fingerprint density at radius 1 is 0.744 bits per heavy atom. The summed E-state index contributed by atoms with van der Waals surface area (Å²) in [6, 6.07) is 21.7. The van der Waals surface area contributed by atoms with Gasteiger partial charge in [-0.25, -0.2) is 0 Å². The number of fused-ring (bicyclic) bond motifs is 1. The summed E-state index contributed by atoms with van der Waals surface area (Å²) >= 11 is 0. The number of benzene rings is 4. The van der Waals surface area contributed by atoms with Crippen LogP contribution in [-0.2, 0) is 0 Å². The largest absolute Gasteiger partial charge is 0.505 e. The number of hydrogen-bond acceptors (Lipinski definition) is 9. The van der Waals surface area contributed by atoms with E-state index in [9.17, 15) is 5.11 Å². The third-order valence-electron chi connectivity index (χ3n) is 6.24. The number of anilines is 4. The maximum Gasteiger partial charge on any atom is 0.322 e. The molecule has 5 aromatic rings. The number of nitrogens with one attached hydrogen (secondary N) is 2. The average Bonchev–Trinajstić information content (AvgIpc) is 2.90. The molecule has 0 unspecified atom stereocenters. The van der Waals surface area contributed by atoms with Gasteiger partial charge in [-0.2, -0.15) is 20.1 Å². The molecule has 0 saturated carbocycles. The van der Waals surface area contributed by atoms with E-state index in [1.807, 2.05) is 94.4 Å². The standard InChI is InChI=1S/C30H29N7O2/c1-17-10-12-22(13-11-17)31-28-33-29(35-30(34-28)39-5)32-24-15-18(2)14-21-16-20(4)26(27(38)25(21)24)37-36-23-9-7-6-8-19(23)3/h6-16,38H,1-5H3,(H2,31,32,33,34,35). The summed E-state index contributed by atoms with van der Waals surface area (Å²) in [5.74, 6) is 0.591. The normalized spacial score (nSPS) is 11.2. The molecule has 0 radical (unpaired) electrons. The van der Waals surface area contributed by atoms with Crippen LogP contribution < -0.4 is 15.4 Å². The van der Waals surface area contributed by atoms with Gasteiger partial charge in [0.1, 0.15) is 5.69 Å². The molecule has 196 valence electrons. The van der Waals surface area contributed by atoms with E-state index in [0.717, 1.165) is 39.0 Å². The second kappa shape index (κ2) is 10.7. The number of phenolic OH excluding ortho intramolecular Hbond substituents is 1. The number of phenols is 1. The number of aromatic hydroxyl groups is 1. The first-order chi connectivity index (χ1) is 18.8. The minimum absolute atomic E-state index is 0.0175. The molecule has 9 heteroatoms. The fourth-order valence-corrected chi connectivity index (χ4v) is 4.25. The number of aryl methyl sites for hydroxylation is 4. The van der Waals surface area contributed by atoms with Gasteiger partial charge in [-0.3, -0.25) is 0 Å². The number of rotatable bonds is 7. The molecule has 0 fully saturated rings. The van der Waals surface area contributed by atoms with E-state index in [1.54, 1.807) is 0 Å². The van der Waals surface area contributed by atoms with Gasteiger partial charge in [0.05, 0.1) is 18.5 Å². The minimum atomic E-state index is 0.0175. The first-order valence-electron chi connectivity index (χ1n) is 12.5. The lowest BCUT2D eigenvalue weighted by atomic mass is 10.0. The predicted molar refractivity (Wildman–Crippen MR) is 155 cm³/mol. The Labute approximate surface area is 226 Å². The highest BCUT2D eigenvalue weighted by molar-refractivity contribution is 6.03. The lowest BCUT2D eigenvalue weighted by molar-refractivity contribution is 0.380. The molecule has 3 N–H and O–H groups in total. The molecular formula is C30H29N7O2. The van der Waals surface area contributed by atoms with Crippen LogP contribution in [0.25, 0.3) is 10.8 Å². The predicted octanol–water partition coefficient (Wildman–Crippen LogP) is 7.88. The summed E-state index contributed by atoms with van der Waals surface area (Å²) in [5.41, 5.74) is 6.53. The highest BCUT2D eigenvalue weighted by Gasteiger charge is 2.17. The van der Waals surface area contributed by atoms with E-state index in [4.69, 9.17) is 4.74 Å². The number of aromatic nitrogens is 3. The zero-order valence-corrected chi connectivity index (χ0v) is 22.4. The number of azo groups is 1. The fourth-order valence-electron chi connectivity index (χ4n) is 4.25. The molecule has 9 nitrogen and oxygen atoms in total. The molecule has 5 rings (SSSR count). The van der Waals surface area contributed by atoms with Crippen molar-refractivity contribution in [3.05, 3.63) is 89.0 Å². The van der Waals surface area contributed by atoms with Crippen LogP contribution in [0.5, 0.6) is 11.8 Å². The van der Waals surface area contributed by atoms with Gasteiger partial charge < -0.3 is 20.5 Å². The highest BCUT2D eigenvalue weighted by Crippen LogP contribution is 2.43. The fraction of sp³-hybridized carbons (Fsp3) is 0.167. The van der Waals surface area contributed by atoms with Crippen molar-refractivity contribution in [2.45, 2.75) is 27.7 Å². The van der Waals surface area contributed by atoms with Crippen molar-refractivity contribution in [2.75, 3.05) is 17.7 Å². The smallest absolute Gasteiger partial charge is 0.322 e. The van der Waals surface area contributed by atoms with Crippen molar-refractivity contribution in [3.8, 4) is 11.8 Å². The van der Waals surface area contributed by atoms with Gasteiger partial charge in [0.15, 0.2) is 5.75 Å². The molecule has 39 heavy (non-hydrogen) atoms. The maximum absolute atomic E-state index is 11.4. The van der Waals surface area contributed by atoms with Gasteiger partial charge in [-0.05, 0) is 80.1 Å². The van der Waals surface area contributed by atoms with E-state index in [-0.39, 0.29) is 17.7 Å². The first kappa shape index (κ1) is 25.6. The van der Waals surface area contributed by atoms with Gasteiger partial charge >= 0.3 is 6.01 Å². The Morgan fingerprint density at radius 3 is 2.18 bits per heavy atom. The van der Waals surface area contributed by atoms with E-state index >= 15 is 0 Å². The Bertz CT molecular complexity index is 1700.